The van der Waals surface area contributed by atoms with E-state index in [1.807, 2.05) is 6.92 Å². The van der Waals surface area contributed by atoms with Crippen LogP contribution in [-0.2, 0) is 0 Å². The molecule has 1 aromatic carbocycles. The number of rotatable bonds is 2. The lowest BCUT2D eigenvalue weighted by atomic mass is 9.96. The fraction of sp³-hybridized carbons (Fsp3) is 0.533. The number of aryl methyl sites for hydroxylation is 1. The van der Waals surface area contributed by atoms with Gasteiger partial charge in [0.2, 0.25) is 0 Å². The van der Waals surface area contributed by atoms with Gasteiger partial charge >= 0.3 is 0 Å². The molecule has 0 aliphatic carbocycles. The smallest absolute Gasteiger partial charge is 0.257 e. The predicted molar refractivity (Wildman–Crippen MR) is 71.5 cm³/mol. The van der Waals surface area contributed by atoms with Crippen molar-refractivity contribution in [2.75, 3.05) is 6.54 Å². The number of halogens is 1. The summed E-state index contributed by atoms with van der Waals surface area (Å²) in [5.74, 6) is -0.808. The van der Waals surface area contributed by atoms with E-state index in [2.05, 4.69) is 0 Å². The molecule has 3 nitrogen and oxygen atoms in total. The predicted octanol–water partition coefficient (Wildman–Crippen LogP) is 2.51. The molecule has 0 radical (unpaired) electrons. The third-order valence-electron chi connectivity index (χ3n) is 3.72. The Morgan fingerprint density at radius 2 is 2.21 bits per heavy atom. The Hall–Kier alpha value is -1.42. The molecule has 19 heavy (non-hydrogen) atoms. The van der Waals surface area contributed by atoms with Crippen molar-refractivity contribution in [2.24, 2.45) is 0 Å². The number of carbonyl (C=O) groups excluding carboxylic acids is 1. The molecule has 0 saturated carbocycles. The van der Waals surface area contributed by atoms with Gasteiger partial charge in [-0.3, -0.25) is 4.79 Å². The lowest BCUT2D eigenvalue weighted by molar-refractivity contribution is 0.0277. The minimum absolute atomic E-state index is 0.104. The largest absolute Gasteiger partial charge is 0.391 e. The van der Waals surface area contributed by atoms with E-state index in [4.69, 9.17) is 0 Å². The molecule has 1 aliphatic heterocycles. The number of carbonyl (C=O) groups is 1. The Bertz CT molecular complexity index is 473. The second-order valence-electron chi connectivity index (χ2n) is 5.29. The monoisotopic (exact) mass is 265 g/mol. The first kappa shape index (κ1) is 14.0. The summed E-state index contributed by atoms with van der Waals surface area (Å²) in [6.45, 7) is 4.10. The molecule has 1 aromatic rings. The molecule has 0 bridgehead atoms. The van der Waals surface area contributed by atoms with E-state index in [0.29, 0.717) is 6.54 Å². The molecule has 1 N–H and O–H groups in total. The SMILES string of the molecule is Cc1ccc(F)c(C(=O)N2CCCC[C@@H]2[C@H](C)O)c1. The lowest BCUT2D eigenvalue weighted by Gasteiger charge is -2.37. The molecular weight excluding hydrogens is 245 g/mol. The molecule has 0 spiro atoms. The van der Waals surface area contributed by atoms with Crippen LogP contribution < -0.4 is 0 Å². The maximum atomic E-state index is 13.8. The van der Waals surface area contributed by atoms with E-state index < -0.39 is 11.9 Å². The third kappa shape index (κ3) is 2.95. The first-order chi connectivity index (χ1) is 9.00. The highest BCUT2D eigenvalue weighted by atomic mass is 19.1. The van der Waals surface area contributed by atoms with Crippen LogP contribution in [0.3, 0.4) is 0 Å². The minimum atomic E-state index is -0.586. The van der Waals surface area contributed by atoms with Crippen molar-refractivity contribution in [1.82, 2.24) is 4.90 Å². The molecule has 0 unspecified atom stereocenters. The quantitative estimate of drug-likeness (QED) is 0.892. The van der Waals surface area contributed by atoms with Gasteiger partial charge in [-0.05, 0) is 45.2 Å². The summed E-state index contributed by atoms with van der Waals surface area (Å²) >= 11 is 0. The van der Waals surface area contributed by atoms with E-state index in [1.165, 1.54) is 6.07 Å². The molecule has 1 aliphatic rings. The third-order valence-corrected chi connectivity index (χ3v) is 3.72. The van der Waals surface area contributed by atoms with Crippen molar-refractivity contribution >= 4 is 5.91 Å². The Morgan fingerprint density at radius 1 is 1.47 bits per heavy atom. The fourth-order valence-corrected chi connectivity index (χ4v) is 2.67. The van der Waals surface area contributed by atoms with Gasteiger partial charge in [-0.2, -0.15) is 0 Å². The number of amides is 1. The molecule has 1 fully saturated rings. The number of likely N-dealkylation sites (tertiary alicyclic amines) is 1. The number of benzene rings is 1. The zero-order chi connectivity index (χ0) is 14.0. The van der Waals surface area contributed by atoms with Crippen molar-refractivity contribution < 1.29 is 14.3 Å². The summed E-state index contributed by atoms with van der Waals surface area (Å²) in [6.07, 6.45) is 2.09. The number of aliphatic hydroxyl groups excluding tert-OH is 1. The average molecular weight is 265 g/mol. The van der Waals surface area contributed by atoms with E-state index in [1.54, 1.807) is 24.0 Å². The number of hydrogen-bond donors (Lipinski definition) is 1. The van der Waals surface area contributed by atoms with E-state index >= 15 is 0 Å². The second-order valence-corrected chi connectivity index (χ2v) is 5.29. The molecule has 1 heterocycles. The molecule has 2 rings (SSSR count). The van der Waals surface area contributed by atoms with Crippen LogP contribution in [0.4, 0.5) is 4.39 Å². The topological polar surface area (TPSA) is 40.5 Å². The van der Waals surface area contributed by atoms with Crippen LogP contribution in [0.2, 0.25) is 0 Å². The standard InChI is InChI=1S/C15H20FNO2/c1-10-6-7-13(16)12(9-10)15(19)17-8-4-3-5-14(17)11(2)18/h6-7,9,11,14,18H,3-5,8H2,1-2H3/t11-,14+/m0/s1. The summed E-state index contributed by atoms with van der Waals surface area (Å²) in [4.78, 5) is 14.1. The molecule has 1 saturated heterocycles. The van der Waals surface area contributed by atoms with Crippen LogP contribution in [-0.4, -0.2) is 34.6 Å². The normalized spacial score (nSPS) is 21.3. The maximum Gasteiger partial charge on any atom is 0.257 e. The molecular formula is C15H20FNO2. The van der Waals surface area contributed by atoms with Crippen molar-refractivity contribution in [3.63, 3.8) is 0 Å². The fourth-order valence-electron chi connectivity index (χ4n) is 2.67. The maximum absolute atomic E-state index is 13.8. The molecule has 2 atom stereocenters. The van der Waals surface area contributed by atoms with Crippen LogP contribution in [0.1, 0.15) is 42.1 Å². The van der Waals surface area contributed by atoms with Crippen molar-refractivity contribution in [1.29, 1.82) is 0 Å². The lowest BCUT2D eigenvalue weighted by Crippen LogP contribution is -2.49. The van der Waals surface area contributed by atoms with Crippen LogP contribution in [0.15, 0.2) is 18.2 Å². The van der Waals surface area contributed by atoms with E-state index in [-0.39, 0.29) is 17.5 Å². The van der Waals surface area contributed by atoms with Gasteiger partial charge in [0.05, 0.1) is 17.7 Å². The molecule has 1 amide bonds. The number of nitrogens with zero attached hydrogens (tertiary/aromatic N) is 1. The van der Waals surface area contributed by atoms with Crippen molar-refractivity contribution in [3.05, 3.63) is 35.1 Å². The van der Waals surface area contributed by atoms with Crippen molar-refractivity contribution in [2.45, 2.75) is 45.3 Å². The van der Waals surface area contributed by atoms with Gasteiger partial charge in [0.25, 0.3) is 5.91 Å². The molecule has 4 heteroatoms. The van der Waals surface area contributed by atoms with Gasteiger partial charge in [0, 0.05) is 6.54 Å². The van der Waals surface area contributed by atoms with Gasteiger partial charge in [0.1, 0.15) is 5.82 Å². The summed E-state index contributed by atoms with van der Waals surface area (Å²) in [5.41, 5.74) is 0.961. The van der Waals surface area contributed by atoms with Crippen LogP contribution >= 0.6 is 0 Å². The number of hydrogen-bond acceptors (Lipinski definition) is 2. The van der Waals surface area contributed by atoms with E-state index in [0.717, 1.165) is 24.8 Å². The van der Waals surface area contributed by atoms with Gasteiger partial charge in [-0.15, -0.1) is 0 Å². The number of piperidine rings is 1. The Labute approximate surface area is 113 Å². The second kappa shape index (κ2) is 5.70. The van der Waals surface area contributed by atoms with Crippen LogP contribution in [0.25, 0.3) is 0 Å². The van der Waals surface area contributed by atoms with Gasteiger partial charge in [0.15, 0.2) is 0 Å². The first-order valence-corrected chi connectivity index (χ1v) is 6.76. The highest BCUT2D eigenvalue weighted by Gasteiger charge is 2.31. The zero-order valence-corrected chi connectivity index (χ0v) is 11.4. The van der Waals surface area contributed by atoms with Crippen LogP contribution in [0, 0.1) is 12.7 Å². The molecule has 0 aromatic heterocycles. The van der Waals surface area contributed by atoms with Crippen molar-refractivity contribution in [3.8, 4) is 0 Å². The Balaban J connectivity index is 2.28. The number of aliphatic hydroxyl groups is 1. The summed E-state index contributed by atoms with van der Waals surface area (Å²) in [6, 6.07) is 4.34. The first-order valence-electron chi connectivity index (χ1n) is 6.76. The Morgan fingerprint density at radius 3 is 2.89 bits per heavy atom. The van der Waals surface area contributed by atoms with E-state index in [9.17, 15) is 14.3 Å². The minimum Gasteiger partial charge on any atom is -0.391 e. The summed E-state index contributed by atoms with van der Waals surface area (Å²) < 4.78 is 13.8. The summed E-state index contributed by atoms with van der Waals surface area (Å²) in [7, 11) is 0. The summed E-state index contributed by atoms with van der Waals surface area (Å²) in [5, 5.41) is 9.78. The van der Waals surface area contributed by atoms with Gasteiger partial charge < -0.3 is 10.0 Å². The van der Waals surface area contributed by atoms with Gasteiger partial charge in [-0.25, -0.2) is 4.39 Å². The average Bonchev–Trinajstić information content (AvgIpc) is 2.40. The van der Waals surface area contributed by atoms with Crippen LogP contribution in [0.5, 0.6) is 0 Å². The molecule has 104 valence electrons. The van der Waals surface area contributed by atoms with Gasteiger partial charge in [-0.1, -0.05) is 11.6 Å². The Kier molecular flexibility index (Phi) is 4.20. The highest BCUT2D eigenvalue weighted by Crippen LogP contribution is 2.23. The zero-order valence-electron chi connectivity index (χ0n) is 11.4. The highest BCUT2D eigenvalue weighted by molar-refractivity contribution is 5.95.